The fourth-order valence-corrected chi connectivity index (χ4v) is 1.12. The Morgan fingerprint density at radius 1 is 0.714 bits per heavy atom. The molecule has 0 aliphatic carbocycles. The lowest BCUT2D eigenvalue weighted by Crippen LogP contribution is -1.79. The highest BCUT2D eigenvalue weighted by Crippen LogP contribution is 2.16. The topological polar surface area (TPSA) is 28.2 Å². The summed E-state index contributed by atoms with van der Waals surface area (Å²) in [5, 5.41) is 8.36. The van der Waals surface area contributed by atoms with E-state index in [1.165, 1.54) is 0 Å². The molecule has 70 valence electrons. The van der Waals surface area contributed by atoms with Crippen molar-refractivity contribution in [2.45, 2.75) is 0 Å². The van der Waals surface area contributed by atoms with E-state index in [0.717, 1.165) is 11.4 Å². The van der Waals surface area contributed by atoms with E-state index in [-0.39, 0.29) is 0 Å². The number of nitrogens with zero attached hydrogens (tertiary/aromatic N) is 2. The normalized spacial score (nSPS) is 24.0. The van der Waals surface area contributed by atoms with E-state index in [9.17, 15) is 0 Å². The van der Waals surface area contributed by atoms with Gasteiger partial charge in [0.15, 0.2) is 0 Å². The standard InChI is InChI=1S/C12H10N2/c1-3-9-13-11(5-1)7-8-12-6-2-4-10-14-12/h1-10H/q-2/b11-7+,12-8+. The van der Waals surface area contributed by atoms with Gasteiger partial charge in [-0.15, -0.1) is 11.4 Å². The molecule has 2 heterocycles. The summed E-state index contributed by atoms with van der Waals surface area (Å²) in [4.78, 5) is 0. The predicted octanol–water partition coefficient (Wildman–Crippen LogP) is 3.67. The molecule has 0 saturated carbocycles. The maximum Gasteiger partial charge on any atom is -0.0653 e. The molecular weight excluding hydrogens is 172 g/mol. The Kier molecular flexibility index (Phi) is 2.67. The molecule has 0 saturated heterocycles. The predicted molar refractivity (Wildman–Crippen MR) is 59.4 cm³/mol. The molecule has 2 heteroatoms. The van der Waals surface area contributed by atoms with Crippen molar-refractivity contribution >= 4 is 0 Å². The molecule has 14 heavy (non-hydrogen) atoms. The zero-order valence-electron chi connectivity index (χ0n) is 7.67. The van der Waals surface area contributed by atoms with Crippen LogP contribution in [-0.4, -0.2) is 0 Å². The van der Waals surface area contributed by atoms with Crippen LogP contribution in [0.4, 0.5) is 0 Å². The van der Waals surface area contributed by atoms with E-state index >= 15 is 0 Å². The third-order valence-corrected chi connectivity index (χ3v) is 1.80. The summed E-state index contributed by atoms with van der Waals surface area (Å²) in [5.74, 6) is 0. The smallest absolute Gasteiger partial charge is 0.0653 e. The molecule has 2 aliphatic heterocycles. The molecule has 2 rings (SSSR count). The van der Waals surface area contributed by atoms with Crippen LogP contribution in [0.1, 0.15) is 0 Å². The molecule has 0 N–H and O–H groups in total. The van der Waals surface area contributed by atoms with Crippen LogP contribution >= 0.6 is 0 Å². The Balaban J connectivity index is 2.04. The first-order chi connectivity index (χ1) is 6.95. The molecule has 0 radical (unpaired) electrons. The monoisotopic (exact) mass is 182 g/mol. The Labute approximate surface area is 83.7 Å². The van der Waals surface area contributed by atoms with Crippen LogP contribution in [0, 0.1) is 0 Å². The van der Waals surface area contributed by atoms with Gasteiger partial charge in [-0.3, -0.25) is 0 Å². The van der Waals surface area contributed by atoms with Crippen LogP contribution in [0.2, 0.25) is 0 Å². The summed E-state index contributed by atoms with van der Waals surface area (Å²) in [6.45, 7) is 0. The van der Waals surface area contributed by atoms with Crippen LogP contribution in [0.25, 0.3) is 10.6 Å². The number of hydrogen-bond acceptors (Lipinski definition) is 0. The fourth-order valence-electron chi connectivity index (χ4n) is 1.12. The fraction of sp³-hybridized carbons (Fsp3) is 0. The maximum atomic E-state index is 4.18. The van der Waals surface area contributed by atoms with Gasteiger partial charge in [-0.1, -0.05) is 48.6 Å². The average Bonchev–Trinajstić information content (AvgIpc) is 2.29. The van der Waals surface area contributed by atoms with Crippen molar-refractivity contribution in [1.29, 1.82) is 0 Å². The van der Waals surface area contributed by atoms with E-state index in [4.69, 9.17) is 0 Å². The van der Waals surface area contributed by atoms with Gasteiger partial charge < -0.3 is 10.6 Å². The molecule has 0 amide bonds. The Morgan fingerprint density at radius 3 is 1.57 bits per heavy atom. The van der Waals surface area contributed by atoms with Crippen LogP contribution in [0.3, 0.4) is 0 Å². The van der Waals surface area contributed by atoms with Crippen LogP contribution < -0.4 is 0 Å². The summed E-state index contributed by atoms with van der Waals surface area (Å²) < 4.78 is 0. The third kappa shape index (κ3) is 2.26. The van der Waals surface area contributed by atoms with E-state index in [2.05, 4.69) is 10.6 Å². The van der Waals surface area contributed by atoms with Crippen molar-refractivity contribution in [2.75, 3.05) is 0 Å². The number of allylic oxidation sites excluding steroid dienone is 8. The first kappa shape index (κ1) is 8.63. The third-order valence-electron chi connectivity index (χ3n) is 1.80. The quantitative estimate of drug-likeness (QED) is 0.592. The molecule has 0 bridgehead atoms. The van der Waals surface area contributed by atoms with E-state index < -0.39 is 0 Å². The Hall–Kier alpha value is -1.96. The zero-order valence-corrected chi connectivity index (χ0v) is 7.67. The van der Waals surface area contributed by atoms with E-state index in [1.54, 1.807) is 12.4 Å². The van der Waals surface area contributed by atoms with Gasteiger partial charge in [0, 0.05) is 0 Å². The second kappa shape index (κ2) is 4.33. The minimum absolute atomic E-state index is 0.943. The van der Waals surface area contributed by atoms with Gasteiger partial charge in [0.2, 0.25) is 0 Å². The van der Waals surface area contributed by atoms with Gasteiger partial charge in [0.1, 0.15) is 0 Å². The summed E-state index contributed by atoms with van der Waals surface area (Å²) in [6.07, 6.45) is 19.1. The molecule has 0 aromatic heterocycles. The molecule has 2 nitrogen and oxygen atoms in total. The summed E-state index contributed by atoms with van der Waals surface area (Å²) in [6, 6.07) is 0. The molecular formula is C12H10N2-2. The lowest BCUT2D eigenvalue weighted by Gasteiger charge is -2.22. The molecule has 0 atom stereocenters. The number of rotatable bonds is 1. The Bertz CT molecular complexity index is 341. The van der Waals surface area contributed by atoms with Gasteiger partial charge in [0.05, 0.1) is 0 Å². The lowest BCUT2D eigenvalue weighted by atomic mass is 10.2. The van der Waals surface area contributed by atoms with Crippen LogP contribution in [0.15, 0.2) is 72.4 Å². The van der Waals surface area contributed by atoms with Gasteiger partial charge in [0.25, 0.3) is 0 Å². The molecule has 0 fully saturated rings. The second-order valence-corrected chi connectivity index (χ2v) is 2.84. The SMILES string of the molecule is C1=C[N-]/C(=C/C=C2\C=CC=C[N-]2)C=C1. The first-order valence-electron chi connectivity index (χ1n) is 4.45. The summed E-state index contributed by atoms with van der Waals surface area (Å²) in [5.41, 5.74) is 1.89. The largest absolute Gasteiger partial charge is 0.664 e. The highest BCUT2D eigenvalue weighted by molar-refractivity contribution is 5.47. The summed E-state index contributed by atoms with van der Waals surface area (Å²) in [7, 11) is 0. The first-order valence-corrected chi connectivity index (χ1v) is 4.45. The minimum Gasteiger partial charge on any atom is -0.664 e. The average molecular weight is 182 g/mol. The van der Waals surface area contributed by atoms with Gasteiger partial charge in [-0.25, -0.2) is 0 Å². The molecule has 0 spiro atoms. The second-order valence-electron chi connectivity index (χ2n) is 2.84. The highest BCUT2D eigenvalue weighted by Gasteiger charge is 1.79. The van der Waals surface area contributed by atoms with Crippen molar-refractivity contribution in [3.8, 4) is 0 Å². The molecule has 0 unspecified atom stereocenters. The van der Waals surface area contributed by atoms with Crippen LogP contribution in [-0.2, 0) is 0 Å². The van der Waals surface area contributed by atoms with Crippen molar-refractivity contribution in [2.24, 2.45) is 0 Å². The minimum atomic E-state index is 0.943. The van der Waals surface area contributed by atoms with Crippen molar-refractivity contribution in [3.05, 3.63) is 83.0 Å². The zero-order chi connectivity index (χ0) is 9.64. The van der Waals surface area contributed by atoms with Gasteiger partial charge >= 0.3 is 0 Å². The van der Waals surface area contributed by atoms with Crippen LogP contribution in [0.5, 0.6) is 0 Å². The molecule has 0 aromatic rings. The summed E-state index contributed by atoms with van der Waals surface area (Å²) >= 11 is 0. The molecule has 0 aromatic carbocycles. The van der Waals surface area contributed by atoms with Crippen molar-refractivity contribution in [3.63, 3.8) is 0 Å². The number of hydrogen-bond donors (Lipinski definition) is 0. The van der Waals surface area contributed by atoms with Crippen molar-refractivity contribution < 1.29 is 0 Å². The Morgan fingerprint density at radius 2 is 1.21 bits per heavy atom. The lowest BCUT2D eigenvalue weighted by molar-refractivity contribution is 1.51. The highest BCUT2D eigenvalue weighted by atomic mass is 14.9. The van der Waals surface area contributed by atoms with E-state index in [1.807, 2.05) is 48.6 Å². The molecule has 2 aliphatic rings. The van der Waals surface area contributed by atoms with E-state index in [0.29, 0.717) is 0 Å². The van der Waals surface area contributed by atoms with Crippen molar-refractivity contribution in [1.82, 2.24) is 0 Å². The van der Waals surface area contributed by atoms with Gasteiger partial charge in [-0.2, -0.15) is 12.4 Å². The maximum absolute atomic E-state index is 4.18. The van der Waals surface area contributed by atoms with Gasteiger partial charge in [-0.05, 0) is 0 Å².